The molecule has 26 heavy (non-hydrogen) atoms. The van der Waals surface area contributed by atoms with Gasteiger partial charge in [0.05, 0.1) is 7.11 Å². The van der Waals surface area contributed by atoms with Crippen molar-refractivity contribution in [3.05, 3.63) is 73.2 Å². The molecule has 0 N–H and O–H groups in total. The van der Waals surface area contributed by atoms with Crippen LogP contribution in [0, 0.1) is 6.92 Å². The number of Topliss-reactive ketones (excluding diaryl/α,β-unsaturated/α-hetero) is 1. The summed E-state index contributed by atoms with van der Waals surface area (Å²) in [5, 5.41) is 0. The van der Waals surface area contributed by atoms with Crippen LogP contribution in [0.15, 0.2) is 56.5 Å². The normalized spacial score (nSPS) is 17.8. The van der Waals surface area contributed by atoms with Crippen molar-refractivity contribution in [1.29, 1.82) is 0 Å². The van der Waals surface area contributed by atoms with Gasteiger partial charge in [-0.25, -0.2) is 0 Å². The second-order valence-electron chi connectivity index (χ2n) is 6.43. The van der Waals surface area contributed by atoms with Crippen LogP contribution in [0.3, 0.4) is 0 Å². The van der Waals surface area contributed by atoms with Crippen molar-refractivity contribution in [2.75, 3.05) is 7.11 Å². The second kappa shape index (κ2) is 8.36. The Hall–Kier alpha value is -1.65. The third-order valence-electron chi connectivity index (χ3n) is 4.49. The van der Waals surface area contributed by atoms with Gasteiger partial charge in [-0.05, 0) is 73.7 Å². The van der Waals surface area contributed by atoms with Gasteiger partial charge in [0.25, 0.3) is 0 Å². The standard InChI is InChI=1S/C22H20Br2O2/c1-14-6-8-20(23)17(10-14)11-15-4-3-5-16(22(15)25)12-18-13-19(26-2)7-9-21(18)24/h6-13H,3-5H2,1-2H3/b15-11+,16-12+. The fourth-order valence-electron chi connectivity index (χ4n) is 3.09. The van der Waals surface area contributed by atoms with Crippen LogP contribution in [0.5, 0.6) is 5.75 Å². The summed E-state index contributed by atoms with van der Waals surface area (Å²) in [6.07, 6.45) is 6.60. The molecule has 2 aromatic carbocycles. The Balaban J connectivity index is 1.95. The fourth-order valence-corrected chi connectivity index (χ4v) is 3.81. The molecule has 0 aromatic heterocycles. The topological polar surface area (TPSA) is 26.3 Å². The molecular formula is C22H20Br2O2. The molecule has 0 saturated heterocycles. The molecule has 0 bridgehead atoms. The summed E-state index contributed by atoms with van der Waals surface area (Å²) in [5.41, 5.74) is 4.91. The van der Waals surface area contributed by atoms with Crippen molar-refractivity contribution in [3.8, 4) is 5.75 Å². The van der Waals surface area contributed by atoms with Crippen molar-refractivity contribution in [3.63, 3.8) is 0 Å². The van der Waals surface area contributed by atoms with Crippen molar-refractivity contribution < 1.29 is 9.53 Å². The molecule has 0 atom stereocenters. The van der Waals surface area contributed by atoms with Crippen LogP contribution in [-0.2, 0) is 4.79 Å². The molecule has 1 aliphatic rings. The maximum atomic E-state index is 13.0. The highest BCUT2D eigenvalue weighted by molar-refractivity contribution is 9.10. The van der Waals surface area contributed by atoms with Gasteiger partial charge in [0, 0.05) is 20.1 Å². The van der Waals surface area contributed by atoms with E-state index in [1.165, 1.54) is 5.56 Å². The quantitative estimate of drug-likeness (QED) is 0.459. The lowest BCUT2D eigenvalue weighted by molar-refractivity contribution is -0.112. The van der Waals surface area contributed by atoms with E-state index in [1.54, 1.807) is 7.11 Å². The molecule has 1 aliphatic carbocycles. The highest BCUT2D eigenvalue weighted by Crippen LogP contribution is 2.32. The van der Waals surface area contributed by atoms with Crippen molar-refractivity contribution in [2.24, 2.45) is 0 Å². The third kappa shape index (κ3) is 4.36. The number of hydrogen-bond donors (Lipinski definition) is 0. The van der Waals surface area contributed by atoms with E-state index in [9.17, 15) is 4.79 Å². The van der Waals surface area contributed by atoms with Gasteiger partial charge < -0.3 is 4.74 Å². The molecule has 0 amide bonds. The second-order valence-corrected chi connectivity index (χ2v) is 8.14. The summed E-state index contributed by atoms with van der Waals surface area (Å²) >= 11 is 7.14. The maximum absolute atomic E-state index is 13.0. The molecule has 0 unspecified atom stereocenters. The van der Waals surface area contributed by atoms with Gasteiger partial charge in [-0.2, -0.15) is 0 Å². The largest absolute Gasteiger partial charge is 0.497 e. The monoisotopic (exact) mass is 474 g/mol. The minimum Gasteiger partial charge on any atom is -0.497 e. The number of halogens is 2. The van der Waals surface area contributed by atoms with Gasteiger partial charge in [-0.1, -0.05) is 49.6 Å². The predicted octanol–water partition coefficient (Wildman–Crippen LogP) is 6.75. The number of ketones is 1. The first kappa shape index (κ1) is 19.1. The van der Waals surface area contributed by atoms with Gasteiger partial charge >= 0.3 is 0 Å². The summed E-state index contributed by atoms with van der Waals surface area (Å²) in [6.45, 7) is 2.06. The number of methoxy groups -OCH3 is 1. The van der Waals surface area contributed by atoms with Crippen LogP contribution in [0.25, 0.3) is 12.2 Å². The number of hydrogen-bond acceptors (Lipinski definition) is 2. The van der Waals surface area contributed by atoms with Gasteiger partial charge in [-0.15, -0.1) is 0 Å². The van der Waals surface area contributed by atoms with Crippen molar-refractivity contribution in [1.82, 2.24) is 0 Å². The zero-order valence-electron chi connectivity index (χ0n) is 14.8. The van der Waals surface area contributed by atoms with Crippen LogP contribution in [0.1, 0.15) is 36.0 Å². The first-order valence-electron chi connectivity index (χ1n) is 8.53. The number of carbonyl (C=O) groups is 1. The van der Waals surface area contributed by atoms with Crippen LogP contribution in [0.4, 0.5) is 0 Å². The van der Waals surface area contributed by atoms with Gasteiger partial charge in [0.15, 0.2) is 5.78 Å². The third-order valence-corrected chi connectivity index (χ3v) is 5.93. The summed E-state index contributed by atoms with van der Waals surface area (Å²) in [7, 11) is 1.65. The molecule has 0 heterocycles. The maximum Gasteiger partial charge on any atom is 0.185 e. The number of allylic oxidation sites excluding steroid dienone is 2. The first-order chi connectivity index (χ1) is 12.5. The average Bonchev–Trinajstić information content (AvgIpc) is 2.63. The highest BCUT2D eigenvalue weighted by atomic mass is 79.9. The summed E-state index contributed by atoms with van der Waals surface area (Å²) in [6, 6.07) is 12.0. The molecule has 4 heteroatoms. The zero-order chi connectivity index (χ0) is 18.7. The number of carbonyl (C=O) groups excluding carboxylic acids is 1. The van der Waals surface area contributed by atoms with Gasteiger partial charge in [-0.3, -0.25) is 4.79 Å². The smallest absolute Gasteiger partial charge is 0.185 e. The Bertz CT molecular complexity index is 910. The van der Waals surface area contributed by atoms with Crippen LogP contribution < -0.4 is 4.74 Å². The number of aryl methyl sites for hydroxylation is 1. The molecule has 0 spiro atoms. The van der Waals surface area contributed by atoms with Crippen LogP contribution >= 0.6 is 31.9 Å². The summed E-state index contributed by atoms with van der Waals surface area (Å²) < 4.78 is 7.26. The van der Waals surface area contributed by atoms with E-state index in [4.69, 9.17) is 4.74 Å². The SMILES string of the molecule is COc1ccc(Br)c(/C=C2\CCC/C(=C\c3cc(C)ccc3Br)C2=O)c1. The minimum atomic E-state index is 0.138. The molecule has 1 fully saturated rings. The first-order valence-corrected chi connectivity index (χ1v) is 10.1. The molecule has 0 aliphatic heterocycles. The summed E-state index contributed by atoms with van der Waals surface area (Å²) in [5.74, 6) is 0.919. The summed E-state index contributed by atoms with van der Waals surface area (Å²) in [4.78, 5) is 13.0. The lowest BCUT2D eigenvalue weighted by Crippen LogP contribution is -2.12. The molecule has 1 saturated carbocycles. The van der Waals surface area contributed by atoms with Gasteiger partial charge in [0.1, 0.15) is 5.75 Å². The molecule has 2 aromatic rings. The van der Waals surface area contributed by atoms with Crippen molar-refractivity contribution in [2.45, 2.75) is 26.2 Å². The van der Waals surface area contributed by atoms with Crippen molar-refractivity contribution >= 4 is 49.8 Å². The average molecular weight is 476 g/mol. The number of ether oxygens (including phenoxy) is 1. The van der Waals surface area contributed by atoms with Crippen LogP contribution in [-0.4, -0.2) is 12.9 Å². The Labute approximate surface area is 171 Å². The lowest BCUT2D eigenvalue weighted by atomic mass is 9.86. The molecule has 2 nitrogen and oxygen atoms in total. The van der Waals surface area contributed by atoms with E-state index >= 15 is 0 Å². The van der Waals surface area contributed by atoms with E-state index in [1.807, 2.05) is 36.4 Å². The zero-order valence-corrected chi connectivity index (χ0v) is 18.0. The van der Waals surface area contributed by atoms with Crippen LogP contribution in [0.2, 0.25) is 0 Å². The van der Waals surface area contributed by atoms with E-state index in [2.05, 4.69) is 50.9 Å². The highest BCUT2D eigenvalue weighted by Gasteiger charge is 2.21. The molecule has 0 radical (unpaired) electrons. The number of benzene rings is 2. The molecule has 134 valence electrons. The Morgan fingerprint density at radius 3 is 2.12 bits per heavy atom. The molecule has 3 rings (SSSR count). The predicted molar refractivity (Wildman–Crippen MR) is 114 cm³/mol. The Morgan fingerprint density at radius 2 is 1.50 bits per heavy atom. The van der Waals surface area contributed by atoms with E-state index in [0.717, 1.165) is 56.2 Å². The minimum absolute atomic E-state index is 0.138. The Morgan fingerprint density at radius 1 is 0.923 bits per heavy atom. The van der Waals surface area contributed by atoms with Gasteiger partial charge in [0.2, 0.25) is 0 Å². The molecular weight excluding hydrogens is 456 g/mol. The Kier molecular flexibility index (Phi) is 6.15. The van der Waals surface area contributed by atoms with E-state index < -0.39 is 0 Å². The van der Waals surface area contributed by atoms with E-state index in [-0.39, 0.29) is 5.78 Å². The fraction of sp³-hybridized carbons (Fsp3) is 0.227. The number of rotatable bonds is 3. The lowest BCUT2D eigenvalue weighted by Gasteiger charge is -2.17. The van der Waals surface area contributed by atoms with E-state index in [0.29, 0.717) is 0 Å².